The fourth-order valence-electron chi connectivity index (χ4n) is 2.70. The SMILES string of the molecule is CCOc1cc(/C=N\NC(=O)c2ccc(Cl)cc2Cl)cc(Br)c1OCc1ccc(F)cc1. The minimum absolute atomic E-state index is 0.231. The average molecular weight is 540 g/mol. The Morgan fingerprint density at radius 2 is 1.88 bits per heavy atom. The summed E-state index contributed by atoms with van der Waals surface area (Å²) in [4.78, 5) is 12.3. The molecule has 0 heterocycles. The van der Waals surface area contributed by atoms with Crippen LogP contribution in [0.2, 0.25) is 10.0 Å². The Morgan fingerprint density at radius 1 is 1.12 bits per heavy atom. The van der Waals surface area contributed by atoms with Gasteiger partial charge in [-0.15, -0.1) is 0 Å². The summed E-state index contributed by atoms with van der Waals surface area (Å²) in [6.07, 6.45) is 1.47. The molecule has 0 saturated heterocycles. The van der Waals surface area contributed by atoms with Crippen LogP contribution in [0.15, 0.2) is 64.2 Å². The van der Waals surface area contributed by atoms with Gasteiger partial charge in [0.2, 0.25) is 0 Å². The predicted molar refractivity (Wildman–Crippen MR) is 128 cm³/mol. The van der Waals surface area contributed by atoms with Crippen LogP contribution < -0.4 is 14.9 Å². The lowest BCUT2D eigenvalue weighted by molar-refractivity contribution is 0.0955. The first-order valence-corrected chi connectivity index (χ1v) is 11.0. The van der Waals surface area contributed by atoms with E-state index in [2.05, 4.69) is 26.5 Å². The van der Waals surface area contributed by atoms with Crippen molar-refractivity contribution < 1.29 is 18.7 Å². The van der Waals surface area contributed by atoms with Crippen molar-refractivity contribution in [3.05, 3.63) is 91.6 Å². The minimum Gasteiger partial charge on any atom is -0.490 e. The molecule has 166 valence electrons. The van der Waals surface area contributed by atoms with Crippen LogP contribution in [0, 0.1) is 5.82 Å². The highest BCUT2D eigenvalue weighted by Crippen LogP contribution is 2.37. The number of amides is 1. The van der Waals surface area contributed by atoms with E-state index in [0.29, 0.717) is 33.2 Å². The molecular formula is C23H18BrCl2FN2O3. The second-order valence-electron chi connectivity index (χ2n) is 6.50. The number of nitrogens with zero attached hydrogens (tertiary/aromatic N) is 1. The van der Waals surface area contributed by atoms with E-state index in [4.69, 9.17) is 32.7 Å². The number of rotatable bonds is 8. The molecule has 0 atom stereocenters. The summed E-state index contributed by atoms with van der Waals surface area (Å²) in [5.41, 5.74) is 4.17. The van der Waals surface area contributed by atoms with Crippen molar-refractivity contribution in [2.24, 2.45) is 5.10 Å². The molecule has 0 saturated carbocycles. The summed E-state index contributed by atoms with van der Waals surface area (Å²) in [7, 11) is 0. The topological polar surface area (TPSA) is 59.9 Å². The third-order valence-electron chi connectivity index (χ3n) is 4.18. The maximum absolute atomic E-state index is 13.1. The van der Waals surface area contributed by atoms with E-state index < -0.39 is 5.91 Å². The van der Waals surface area contributed by atoms with E-state index in [9.17, 15) is 9.18 Å². The number of halogens is 4. The lowest BCUT2D eigenvalue weighted by Crippen LogP contribution is -2.18. The van der Waals surface area contributed by atoms with Crippen molar-refractivity contribution in [3.63, 3.8) is 0 Å². The Balaban J connectivity index is 1.72. The highest BCUT2D eigenvalue weighted by atomic mass is 79.9. The van der Waals surface area contributed by atoms with Crippen molar-refractivity contribution >= 4 is 51.3 Å². The van der Waals surface area contributed by atoms with Crippen LogP contribution in [-0.2, 0) is 6.61 Å². The first-order valence-electron chi connectivity index (χ1n) is 9.49. The molecule has 0 unspecified atom stereocenters. The van der Waals surface area contributed by atoms with Gasteiger partial charge in [0.05, 0.1) is 27.9 Å². The molecule has 1 N–H and O–H groups in total. The summed E-state index contributed by atoms with van der Waals surface area (Å²) in [6.45, 7) is 2.52. The lowest BCUT2D eigenvalue weighted by atomic mass is 10.2. The molecule has 3 aromatic carbocycles. The third-order valence-corrected chi connectivity index (χ3v) is 5.32. The van der Waals surface area contributed by atoms with Crippen LogP contribution in [0.25, 0.3) is 0 Å². The van der Waals surface area contributed by atoms with Gasteiger partial charge >= 0.3 is 0 Å². The number of ether oxygens (including phenoxy) is 2. The Hall–Kier alpha value is -2.61. The number of nitrogens with one attached hydrogen (secondary N) is 1. The van der Waals surface area contributed by atoms with Crippen LogP contribution in [0.3, 0.4) is 0 Å². The lowest BCUT2D eigenvalue weighted by Gasteiger charge is -2.14. The fourth-order valence-corrected chi connectivity index (χ4v) is 3.77. The average Bonchev–Trinajstić information content (AvgIpc) is 2.74. The van der Waals surface area contributed by atoms with E-state index in [-0.39, 0.29) is 23.0 Å². The molecule has 3 rings (SSSR count). The van der Waals surface area contributed by atoms with Crippen LogP contribution in [0.4, 0.5) is 4.39 Å². The van der Waals surface area contributed by atoms with Crippen molar-refractivity contribution in [2.45, 2.75) is 13.5 Å². The number of carbonyl (C=O) groups excluding carboxylic acids is 1. The Kier molecular flexibility index (Phi) is 8.50. The fraction of sp³-hybridized carbons (Fsp3) is 0.130. The Morgan fingerprint density at radius 3 is 2.56 bits per heavy atom. The highest BCUT2D eigenvalue weighted by molar-refractivity contribution is 9.10. The zero-order chi connectivity index (χ0) is 23.1. The Bertz CT molecular complexity index is 1140. The second-order valence-corrected chi connectivity index (χ2v) is 8.20. The molecule has 0 aliphatic rings. The van der Waals surface area contributed by atoms with Gasteiger partial charge in [-0.25, -0.2) is 9.82 Å². The number of hydrogen-bond acceptors (Lipinski definition) is 4. The van der Waals surface area contributed by atoms with Gasteiger partial charge in [-0.3, -0.25) is 4.79 Å². The highest BCUT2D eigenvalue weighted by Gasteiger charge is 2.13. The zero-order valence-electron chi connectivity index (χ0n) is 16.9. The zero-order valence-corrected chi connectivity index (χ0v) is 20.0. The van der Waals surface area contributed by atoms with Crippen molar-refractivity contribution in [1.29, 1.82) is 0 Å². The van der Waals surface area contributed by atoms with Gasteiger partial charge in [-0.1, -0.05) is 35.3 Å². The Labute approximate surface area is 203 Å². The number of hydrogen-bond donors (Lipinski definition) is 1. The third kappa shape index (κ3) is 6.45. The van der Waals surface area contributed by atoms with Gasteiger partial charge in [0.1, 0.15) is 12.4 Å². The molecular weight excluding hydrogens is 522 g/mol. The molecule has 1 amide bonds. The summed E-state index contributed by atoms with van der Waals surface area (Å²) in [6, 6.07) is 14.1. The molecule has 0 fully saturated rings. The van der Waals surface area contributed by atoms with Crippen molar-refractivity contribution in [3.8, 4) is 11.5 Å². The maximum Gasteiger partial charge on any atom is 0.272 e. The number of benzene rings is 3. The molecule has 0 radical (unpaired) electrons. The predicted octanol–water partition coefficient (Wildman–Crippen LogP) is 6.64. The summed E-state index contributed by atoms with van der Waals surface area (Å²) in [5.74, 6) is 0.230. The minimum atomic E-state index is -0.466. The quantitative estimate of drug-likeness (QED) is 0.258. The van der Waals surface area contributed by atoms with Crippen molar-refractivity contribution in [2.75, 3.05) is 6.61 Å². The molecule has 0 bridgehead atoms. The molecule has 5 nitrogen and oxygen atoms in total. The van der Waals surface area contributed by atoms with E-state index in [1.54, 1.807) is 30.3 Å². The molecule has 0 aromatic heterocycles. The smallest absolute Gasteiger partial charge is 0.272 e. The standard InChI is InChI=1S/C23H18BrCl2FN2O3/c1-2-31-21-10-15(12-28-29-23(30)18-8-5-16(25)11-20(18)26)9-19(24)22(21)32-13-14-3-6-17(27)7-4-14/h3-12H,2,13H2,1H3,(H,29,30)/b28-12-. The van der Waals surface area contributed by atoms with E-state index >= 15 is 0 Å². The summed E-state index contributed by atoms with van der Waals surface area (Å²) >= 11 is 15.4. The largest absolute Gasteiger partial charge is 0.490 e. The summed E-state index contributed by atoms with van der Waals surface area (Å²) in [5, 5.41) is 4.65. The second kappa shape index (κ2) is 11.3. The van der Waals surface area contributed by atoms with Crippen LogP contribution in [-0.4, -0.2) is 18.7 Å². The molecule has 32 heavy (non-hydrogen) atoms. The molecule has 0 spiro atoms. The molecule has 3 aromatic rings. The van der Waals surface area contributed by atoms with Crippen molar-refractivity contribution in [1.82, 2.24) is 5.43 Å². The first-order chi connectivity index (χ1) is 15.4. The number of carbonyl (C=O) groups is 1. The summed E-state index contributed by atoms with van der Waals surface area (Å²) < 4.78 is 25.3. The monoisotopic (exact) mass is 538 g/mol. The normalized spacial score (nSPS) is 10.9. The van der Waals surface area contributed by atoms with Gasteiger partial charge in [0, 0.05) is 5.02 Å². The van der Waals surface area contributed by atoms with Crippen LogP contribution >= 0.6 is 39.1 Å². The van der Waals surface area contributed by atoms with Gasteiger partial charge in [-0.05, 0) is 76.4 Å². The van der Waals surface area contributed by atoms with E-state index in [0.717, 1.165) is 5.56 Å². The van der Waals surface area contributed by atoms with E-state index in [1.165, 1.54) is 30.5 Å². The van der Waals surface area contributed by atoms with Gasteiger partial charge in [0.15, 0.2) is 11.5 Å². The molecule has 9 heteroatoms. The first kappa shape index (κ1) is 24.0. The maximum atomic E-state index is 13.1. The number of hydrazone groups is 1. The molecule has 0 aliphatic carbocycles. The van der Waals surface area contributed by atoms with Gasteiger partial charge in [-0.2, -0.15) is 5.10 Å². The van der Waals surface area contributed by atoms with E-state index in [1.807, 2.05) is 6.92 Å². The van der Waals surface area contributed by atoms with Gasteiger partial charge in [0.25, 0.3) is 5.91 Å². The van der Waals surface area contributed by atoms with Crippen LogP contribution in [0.5, 0.6) is 11.5 Å². The molecule has 0 aliphatic heterocycles. The van der Waals surface area contributed by atoms with Crippen LogP contribution in [0.1, 0.15) is 28.4 Å². The van der Waals surface area contributed by atoms with Gasteiger partial charge < -0.3 is 9.47 Å².